The van der Waals surface area contributed by atoms with Crippen molar-refractivity contribution < 1.29 is 0 Å². The lowest BCUT2D eigenvalue weighted by Crippen LogP contribution is -1.96. The summed E-state index contributed by atoms with van der Waals surface area (Å²) in [6.07, 6.45) is 1.83. The number of aromatic nitrogens is 1. The lowest BCUT2D eigenvalue weighted by atomic mass is 10.2. The number of benzene rings is 1. The lowest BCUT2D eigenvalue weighted by molar-refractivity contribution is 1.38. The smallest absolute Gasteiger partial charge is 0.107 e. The van der Waals surface area contributed by atoms with Gasteiger partial charge < -0.3 is 16.0 Å². The Morgan fingerprint density at radius 2 is 2.07 bits per heavy atom. The van der Waals surface area contributed by atoms with Gasteiger partial charge in [0.25, 0.3) is 0 Å². The largest absolute Gasteiger partial charge is 0.397 e. The van der Waals surface area contributed by atoms with E-state index in [1.165, 1.54) is 0 Å². The van der Waals surface area contributed by atoms with Gasteiger partial charge in [-0.3, -0.25) is 0 Å². The first-order chi connectivity index (χ1) is 6.77. The van der Waals surface area contributed by atoms with Gasteiger partial charge in [-0.15, -0.1) is 0 Å². The van der Waals surface area contributed by atoms with Gasteiger partial charge in [0.15, 0.2) is 0 Å². The number of halogens is 1. The van der Waals surface area contributed by atoms with E-state index in [0.29, 0.717) is 10.7 Å². The third-order valence-electron chi connectivity index (χ3n) is 1.90. The van der Waals surface area contributed by atoms with Crippen LogP contribution in [-0.2, 0) is 0 Å². The van der Waals surface area contributed by atoms with Crippen LogP contribution in [0.2, 0.25) is 5.02 Å². The van der Waals surface area contributed by atoms with Crippen LogP contribution in [0.15, 0.2) is 36.5 Å². The van der Waals surface area contributed by atoms with Gasteiger partial charge in [0.2, 0.25) is 0 Å². The molecule has 1 aromatic carbocycles. The van der Waals surface area contributed by atoms with Crippen molar-refractivity contribution in [3.8, 4) is 0 Å². The third-order valence-corrected chi connectivity index (χ3v) is 2.22. The third kappa shape index (κ3) is 1.67. The number of hydrogen-bond acceptors (Lipinski definition) is 2. The summed E-state index contributed by atoms with van der Waals surface area (Å²) in [6.45, 7) is 0. The molecular formula is C10H10ClN3. The SMILES string of the molecule is Nc1cccc(Cl)c1Nc1ccc[nH]1. The Bertz CT molecular complexity index is 403. The fourth-order valence-corrected chi connectivity index (χ4v) is 1.44. The summed E-state index contributed by atoms with van der Waals surface area (Å²) in [4.78, 5) is 3.01. The van der Waals surface area contributed by atoms with E-state index in [2.05, 4.69) is 10.3 Å². The van der Waals surface area contributed by atoms with E-state index in [4.69, 9.17) is 17.3 Å². The van der Waals surface area contributed by atoms with E-state index in [1.807, 2.05) is 24.4 Å². The predicted molar refractivity (Wildman–Crippen MR) is 59.9 cm³/mol. The lowest BCUT2D eigenvalue weighted by Gasteiger charge is -2.08. The van der Waals surface area contributed by atoms with Crippen LogP contribution in [0.25, 0.3) is 0 Å². The van der Waals surface area contributed by atoms with Crippen LogP contribution < -0.4 is 11.1 Å². The number of nitrogen functional groups attached to an aromatic ring is 1. The molecule has 0 spiro atoms. The van der Waals surface area contributed by atoms with Crippen molar-refractivity contribution in [3.05, 3.63) is 41.6 Å². The quantitative estimate of drug-likeness (QED) is 0.664. The first-order valence-corrected chi connectivity index (χ1v) is 4.59. The van der Waals surface area contributed by atoms with Gasteiger partial charge in [-0.1, -0.05) is 17.7 Å². The van der Waals surface area contributed by atoms with E-state index in [9.17, 15) is 0 Å². The first kappa shape index (κ1) is 8.97. The van der Waals surface area contributed by atoms with Crippen molar-refractivity contribution in [1.82, 2.24) is 4.98 Å². The number of H-pyrrole nitrogens is 1. The van der Waals surface area contributed by atoms with Crippen LogP contribution in [0.1, 0.15) is 0 Å². The van der Waals surface area contributed by atoms with Crippen LogP contribution in [0.3, 0.4) is 0 Å². The molecule has 4 N–H and O–H groups in total. The van der Waals surface area contributed by atoms with Gasteiger partial charge in [-0.05, 0) is 24.3 Å². The number of nitrogens with one attached hydrogen (secondary N) is 2. The Hall–Kier alpha value is -1.61. The van der Waals surface area contributed by atoms with E-state index in [0.717, 1.165) is 11.5 Å². The summed E-state index contributed by atoms with van der Waals surface area (Å²) in [6, 6.07) is 9.22. The molecule has 0 atom stereocenters. The molecule has 0 bridgehead atoms. The highest BCUT2D eigenvalue weighted by molar-refractivity contribution is 6.34. The number of rotatable bonds is 2. The predicted octanol–water partition coefficient (Wildman–Crippen LogP) is 2.99. The number of nitrogens with two attached hydrogens (primary N) is 1. The zero-order valence-corrected chi connectivity index (χ0v) is 8.18. The highest BCUT2D eigenvalue weighted by atomic mass is 35.5. The molecule has 0 aliphatic carbocycles. The highest BCUT2D eigenvalue weighted by Crippen LogP contribution is 2.30. The maximum absolute atomic E-state index is 5.99. The summed E-state index contributed by atoms with van der Waals surface area (Å²) in [5.74, 6) is 0.866. The number of hydrogen-bond donors (Lipinski definition) is 3. The Morgan fingerprint density at radius 3 is 2.71 bits per heavy atom. The Labute approximate surface area is 86.9 Å². The van der Waals surface area contributed by atoms with E-state index >= 15 is 0 Å². The Morgan fingerprint density at radius 1 is 1.21 bits per heavy atom. The molecule has 2 rings (SSSR count). The summed E-state index contributed by atoms with van der Waals surface area (Å²) >= 11 is 5.99. The number of para-hydroxylation sites is 1. The van der Waals surface area contributed by atoms with Gasteiger partial charge in [-0.2, -0.15) is 0 Å². The van der Waals surface area contributed by atoms with Gasteiger partial charge in [0.05, 0.1) is 16.4 Å². The molecule has 14 heavy (non-hydrogen) atoms. The van der Waals surface area contributed by atoms with Gasteiger partial charge in [-0.25, -0.2) is 0 Å². The van der Waals surface area contributed by atoms with Gasteiger partial charge >= 0.3 is 0 Å². The minimum atomic E-state index is 0.611. The second kappa shape index (κ2) is 3.64. The van der Waals surface area contributed by atoms with Crippen molar-refractivity contribution in [2.75, 3.05) is 11.1 Å². The molecule has 1 aromatic heterocycles. The second-order valence-electron chi connectivity index (χ2n) is 2.91. The van der Waals surface area contributed by atoms with Gasteiger partial charge in [0.1, 0.15) is 5.82 Å². The van der Waals surface area contributed by atoms with Crippen molar-refractivity contribution in [2.24, 2.45) is 0 Å². The molecule has 0 aliphatic heterocycles. The van der Waals surface area contributed by atoms with E-state index in [-0.39, 0.29) is 0 Å². The summed E-state index contributed by atoms with van der Waals surface area (Å²) < 4.78 is 0. The van der Waals surface area contributed by atoms with Crippen molar-refractivity contribution in [1.29, 1.82) is 0 Å². The fourth-order valence-electron chi connectivity index (χ4n) is 1.22. The van der Waals surface area contributed by atoms with E-state index < -0.39 is 0 Å². The van der Waals surface area contributed by atoms with Crippen molar-refractivity contribution in [3.63, 3.8) is 0 Å². The normalized spacial score (nSPS) is 10.1. The fraction of sp³-hybridized carbons (Fsp3) is 0. The van der Waals surface area contributed by atoms with Gasteiger partial charge in [0, 0.05) is 6.20 Å². The number of anilines is 3. The number of aromatic amines is 1. The van der Waals surface area contributed by atoms with Crippen LogP contribution in [0.4, 0.5) is 17.2 Å². The van der Waals surface area contributed by atoms with E-state index in [1.54, 1.807) is 12.1 Å². The Balaban J connectivity index is 2.33. The molecule has 72 valence electrons. The minimum Gasteiger partial charge on any atom is -0.397 e. The zero-order chi connectivity index (χ0) is 9.97. The standard InChI is InChI=1S/C10H10ClN3/c11-7-3-1-4-8(12)10(7)14-9-5-2-6-13-9/h1-6,13-14H,12H2. The molecule has 0 unspecified atom stereocenters. The highest BCUT2D eigenvalue weighted by Gasteiger charge is 2.04. The summed E-state index contributed by atoms with van der Waals surface area (Å²) in [5.41, 5.74) is 7.14. The molecule has 2 aromatic rings. The topological polar surface area (TPSA) is 53.8 Å². The summed E-state index contributed by atoms with van der Waals surface area (Å²) in [5, 5.41) is 3.72. The molecule has 1 heterocycles. The molecule has 3 nitrogen and oxygen atoms in total. The van der Waals surface area contributed by atoms with Crippen molar-refractivity contribution >= 4 is 28.8 Å². The van der Waals surface area contributed by atoms with Crippen LogP contribution in [0.5, 0.6) is 0 Å². The molecule has 0 amide bonds. The maximum Gasteiger partial charge on any atom is 0.107 e. The first-order valence-electron chi connectivity index (χ1n) is 4.22. The molecule has 0 saturated heterocycles. The summed E-state index contributed by atoms with van der Waals surface area (Å²) in [7, 11) is 0. The second-order valence-corrected chi connectivity index (χ2v) is 3.32. The van der Waals surface area contributed by atoms with Crippen LogP contribution >= 0.6 is 11.6 Å². The van der Waals surface area contributed by atoms with Crippen LogP contribution in [0, 0.1) is 0 Å². The molecule has 0 fully saturated rings. The molecule has 0 radical (unpaired) electrons. The monoisotopic (exact) mass is 207 g/mol. The average molecular weight is 208 g/mol. The molecule has 4 heteroatoms. The zero-order valence-electron chi connectivity index (χ0n) is 7.42. The van der Waals surface area contributed by atoms with Crippen LogP contribution in [-0.4, -0.2) is 4.98 Å². The average Bonchev–Trinajstić information content (AvgIpc) is 2.64. The van der Waals surface area contributed by atoms with Crippen molar-refractivity contribution in [2.45, 2.75) is 0 Å². The maximum atomic E-state index is 5.99. The Kier molecular flexibility index (Phi) is 2.33. The minimum absolute atomic E-state index is 0.611. The molecule has 0 aliphatic rings. The molecular weight excluding hydrogens is 198 g/mol. The molecule has 0 saturated carbocycles.